The number of rotatable bonds is 7. The molecule has 2 fully saturated rings. The Bertz CT molecular complexity index is 1600. The highest BCUT2D eigenvalue weighted by Crippen LogP contribution is 2.41. The van der Waals surface area contributed by atoms with E-state index in [2.05, 4.69) is 84.6 Å². The number of halogens is 1. The molecular formula is C35H39ClN4. The Morgan fingerprint density at radius 1 is 1.12 bits per heavy atom. The van der Waals surface area contributed by atoms with Crippen LogP contribution in [0.4, 0.5) is 5.82 Å². The Balaban J connectivity index is 1.51. The second-order valence-electron chi connectivity index (χ2n) is 11.2. The summed E-state index contributed by atoms with van der Waals surface area (Å²) in [5, 5.41) is 5.49. The molecule has 2 aliphatic rings. The van der Waals surface area contributed by atoms with Gasteiger partial charge in [-0.15, -0.1) is 0 Å². The lowest BCUT2D eigenvalue weighted by molar-refractivity contribution is 0.752. The van der Waals surface area contributed by atoms with E-state index in [1.165, 1.54) is 57.4 Å². The van der Waals surface area contributed by atoms with Gasteiger partial charge in [0.1, 0.15) is 5.82 Å². The number of pyridine rings is 1. The highest BCUT2D eigenvalue weighted by atomic mass is 35.5. The predicted octanol–water partition coefficient (Wildman–Crippen LogP) is 8.45. The summed E-state index contributed by atoms with van der Waals surface area (Å²) >= 11 is 6.57. The third kappa shape index (κ3) is 4.94. The van der Waals surface area contributed by atoms with Gasteiger partial charge in [-0.1, -0.05) is 61.9 Å². The van der Waals surface area contributed by atoms with Crippen molar-refractivity contribution in [3.05, 3.63) is 104 Å². The molecule has 0 unspecified atom stereocenters. The number of aryl methyl sites for hydroxylation is 3. The molecule has 0 bridgehead atoms. The minimum atomic E-state index is 0.711. The van der Waals surface area contributed by atoms with Crippen LogP contribution in [0, 0.1) is 6.92 Å². The maximum Gasteiger partial charge on any atom is 0.131 e. The van der Waals surface area contributed by atoms with E-state index >= 15 is 0 Å². The van der Waals surface area contributed by atoms with Crippen LogP contribution in [0.2, 0.25) is 5.02 Å². The van der Waals surface area contributed by atoms with Crippen LogP contribution in [-0.4, -0.2) is 30.1 Å². The summed E-state index contributed by atoms with van der Waals surface area (Å²) in [5.74, 6) is 1.81. The van der Waals surface area contributed by atoms with Crippen molar-refractivity contribution in [2.45, 2.75) is 58.8 Å². The fraction of sp³-hybridized carbons (Fsp3) is 0.343. The predicted molar refractivity (Wildman–Crippen MR) is 170 cm³/mol. The number of H-pyrrole nitrogens is 1. The minimum Gasteiger partial charge on any atom is -0.387 e. The number of hydrogen-bond acceptors (Lipinski definition) is 3. The standard InChI is InChI=1S/C35H39ClN4/c1-5-23-8-7-9-24(6-2)30(23)19-26-15-17-40(35-22(3)18-27(20-39-35)25-10-11-25)21-31(26)33(37-4)28-12-13-32(36)34-29(28)14-16-38-34/h7-9,12-14,16,18-20,25,37-38H,5-6,10-11,15,17,21H2,1-4H3/b26-19-,33-31-. The highest BCUT2D eigenvalue weighted by molar-refractivity contribution is 6.35. The number of aromatic amines is 1. The molecule has 4 nitrogen and oxygen atoms in total. The highest BCUT2D eigenvalue weighted by Gasteiger charge is 2.28. The molecule has 0 radical (unpaired) electrons. The van der Waals surface area contributed by atoms with Crippen molar-refractivity contribution in [3.8, 4) is 0 Å². The first-order valence-electron chi connectivity index (χ1n) is 14.7. The van der Waals surface area contributed by atoms with Gasteiger partial charge in [0.25, 0.3) is 0 Å². The Morgan fingerprint density at radius 2 is 1.90 bits per heavy atom. The van der Waals surface area contributed by atoms with Gasteiger partial charge in [0.2, 0.25) is 0 Å². The Hall–Kier alpha value is -3.50. The summed E-state index contributed by atoms with van der Waals surface area (Å²) in [6.07, 6.45) is 12.2. The molecule has 2 N–H and O–H groups in total. The fourth-order valence-corrected chi connectivity index (χ4v) is 6.57. The smallest absolute Gasteiger partial charge is 0.131 e. The largest absolute Gasteiger partial charge is 0.387 e. The van der Waals surface area contributed by atoms with Crippen molar-refractivity contribution in [3.63, 3.8) is 0 Å². The van der Waals surface area contributed by atoms with Crippen molar-refractivity contribution < 1.29 is 0 Å². The first-order valence-corrected chi connectivity index (χ1v) is 15.1. The zero-order chi connectivity index (χ0) is 27.8. The van der Waals surface area contributed by atoms with E-state index in [4.69, 9.17) is 16.6 Å². The van der Waals surface area contributed by atoms with Gasteiger partial charge in [0.15, 0.2) is 0 Å². The SMILES string of the molecule is CCc1cccc(CC)c1/C=C1/CCN(c2ncc(C3CC3)cc2C)C/C1=C(/NC)c1ccc(Cl)c2[nH]ccc12. The number of hydrogen-bond donors (Lipinski definition) is 2. The Kier molecular flexibility index (Phi) is 7.46. The van der Waals surface area contributed by atoms with Crippen LogP contribution in [-0.2, 0) is 12.8 Å². The monoisotopic (exact) mass is 550 g/mol. The second kappa shape index (κ2) is 11.2. The Labute approximate surface area is 243 Å². The second-order valence-corrected chi connectivity index (χ2v) is 11.6. The molecule has 0 spiro atoms. The van der Waals surface area contributed by atoms with Crippen molar-refractivity contribution in [1.29, 1.82) is 0 Å². The van der Waals surface area contributed by atoms with E-state index in [9.17, 15) is 0 Å². The van der Waals surface area contributed by atoms with E-state index in [1.54, 1.807) is 0 Å². The van der Waals surface area contributed by atoms with Crippen LogP contribution < -0.4 is 10.2 Å². The third-order valence-electron chi connectivity index (χ3n) is 8.67. The maximum atomic E-state index is 6.57. The number of nitrogens with zero attached hydrogens (tertiary/aromatic N) is 2. The zero-order valence-electron chi connectivity index (χ0n) is 24.1. The van der Waals surface area contributed by atoms with Crippen molar-refractivity contribution in [2.75, 3.05) is 25.0 Å². The normalized spacial score (nSPS) is 18.0. The average Bonchev–Trinajstić information content (AvgIpc) is 3.71. The maximum absolute atomic E-state index is 6.57. The fourth-order valence-electron chi connectivity index (χ4n) is 6.35. The van der Waals surface area contributed by atoms with Gasteiger partial charge in [-0.05, 0) is 96.0 Å². The summed E-state index contributed by atoms with van der Waals surface area (Å²) in [6, 6.07) is 15.4. The number of piperidine rings is 1. The molecule has 1 aliphatic carbocycles. The average molecular weight is 551 g/mol. The molecule has 2 aromatic carbocycles. The molecule has 5 heteroatoms. The molecular weight excluding hydrogens is 512 g/mol. The number of nitrogens with one attached hydrogen (secondary N) is 2. The van der Waals surface area contributed by atoms with E-state index in [-0.39, 0.29) is 0 Å². The number of benzene rings is 2. The molecule has 0 atom stereocenters. The Morgan fingerprint density at radius 3 is 2.58 bits per heavy atom. The summed E-state index contributed by atoms with van der Waals surface area (Å²) in [7, 11) is 2.04. The van der Waals surface area contributed by atoms with E-state index < -0.39 is 0 Å². The van der Waals surface area contributed by atoms with Crippen LogP contribution in [0.5, 0.6) is 0 Å². The van der Waals surface area contributed by atoms with Gasteiger partial charge < -0.3 is 15.2 Å². The number of fused-ring (bicyclic) bond motifs is 1. The van der Waals surface area contributed by atoms with Gasteiger partial charge in [-0.25, -0.2) is 4.98 Å². The summed E-state index contributed by atoms with van der Waals surface area (Å²) in [5.41, 5.74) is 12.9. The van der Waals surface area contributed by atoms with Gasteiger partial charge in [-0.3, -0.25) is 0 Å². The minimum absolute atomic E-state index is 0.711. The van der Waals surface area contributed by atoms with Crippen LogP contribution in [0.15, 0.2) is 66.0 Å². The molecule has 6 rings (SSSR count). The molecule has 40 heavy (non-hydrogen) atoms. The lowest BCUT2D eigenvalue weighted by Crippen LogP contribution is -2.35. The van der Waals surface area contributed by atoms with E-state index in [0.717, 1.165) is 59.8 Å². The van der Waals surface area contributed by atoms with E-state index in [0.29, 0.717) is 5.92 Å². The van der Waals surface area contributed by atoms with Gasteiger partial charge in [-0.2, -0.15) is 0 Å². The summed E-state index contributed by atoms with van der Waals surface area (Å²) in [4.78, 5) is 10.8. The molecule has 1 saturated heterocycles. The molecule has 206 valence electrons. The topological polar surface area (TPSA) is 44.0 Å². The molecule has 4 aromatic rings. The van der Waals surface area contributed by atoms with Gasteiger partial charge >= 0.3 is 0 Å². The zero-order valence-corrected chi connectivity index (χ0v) is 24.8. The molecule has 3 heterocycles. The van der Waals surface area contributed by atoms with Crippen LogP contribution in [0.25, 0.3) is 22.7 Å². The van der Waals surface area contributed by atoms with Crippen LogP contribution in [0.1, 0.15) is 72.4 Å². The van der Waals surface area contributed by atoms with Gasteiger partial charge in [0.05, 0.1) is 10.5 Å². The van der Waals surface area contributed by atoms with E-state index in [1.807, 2.05) is 19.3 Å². The van der Waals surface area contributed by atoms with Crippen LogP contribution in [0.3, 0.4) is 0 Å². The van der Waals surface area contributed by atoms with Crippen LogP contribution >= 0.6 is 11.6 Å². The lowest BCUT2D eigenvalue weighted by atomic mass is 9.88. The molecule has 1 saturated carbocycles. The molecule has 2 aromatic heterocycles. The van der Waals surface area contributed by atoms with Gasteiger partial charge in [0, 0.05) is 49.2 Å². The third-order valence-corrected chi connectivity index (χ3v) is 8.98. The van der Waals surface area contributed by atoms with Crippen molar-refractivity contribution in [2.24, 2.45) is 0 Å². The number of aromatic nitrogens is 2. The number of anilines is 1. The molecule has 1 aliphatic heterocycles. The quantitative estimate of drug-likeness (QED) is 0.242. The summed E-state index contributed by atoms with van der Waals surface area (Å²) < 4.78 is 0. The summed E-state index contributed by atoms with van der Waals surface area (Å²) in [6.45, 7) is 8.47. The molecule has 0 amide bonds. The first kappa shape index (κ1) is 26.7. The lowest BCUT2D eigenvalue weighted by Gasteiger charge is -2.34. The first-order chi connectivity index (χ1) is 19.5. The van der Waals surface area contributed by atoms with Crippen molar-refractivity contribution in [1.82, 2.24) is 15.3 Å². The van der Waals surface area contributed by atoms with Crippen molar-refractivity contribution >= 4 is 40.1 Å².